The highest BCUT2D eigenvalue weighted by Gasteiger charge is 2.51. The van der Waals surface area contributed by atoms with E-state index >= 15 is 0 Å². The van der Waals surface area contributed by atoms with E-state index in [0.29, 0.717) is 6.17 Å². The van der Waals surface area contributed by atoms with Crippen molar-refractivity contribution in [3.8, 4) is 0 Å². The summed E-state index contributed by atoms with van der Waals surface area (Å²) >= 11 is 0. The number of rotatable bonds is 1. The van der Waals surface area contributed by atoms with Crippen LogP contribution in [0.15, 0.2) is 40.8 Å². The third-order valence-electron chi connectivity index (χ3n) is 5.93. The van der Waals surface area contributed by atoms with Gasteiger partial charge >= 0.3 is 0 Å². The fourth-order valence-electron chi connectivity index (χ4n) is 4.74. The summed E-state index contributed by atoms with van der Waals surface area (Å²) in [6.07, 6.45) is 1.67. The van der Waals surface area contributed by atoms with Crippen LogP contribution in [-0.4, -0.2) is 29.7 Å². The van der Waals surface area contributed by atoms with Gasteiger partial charge in [0.15, 0.2) is 5.58 Å². The predicted octanol–water partition coefficient (Wildman–Crippen LogP) is 4.52. The van der Waals surface area contributed by atoms with Crippen LogP contribution in [-0.2, 0) is 0 Å². The molecule has 1 aromatic heterocycles. The maximum atomic E-state index is 6.32. The largest absolute Gasteiger partial charge is 0.454 e. The maximum Gasteiger partial charge on any atom is 0.159 e. The molecule has 0 radical (unpaired) electrons. The molecule has 0 spiro atoms. The molecule has 2 aliphatic rings. The van der Waals surface area contributed by atoms with Crippen LogP contribution < -0.4 is 4.90 Å². The number of hydrogen-bond donors (Lipinski definition) is 0. The lowest BCUT2D eigenvalue weighted by molar-refractivity contribution is 0.278. The highest BCUT2D eigenvalue weighted by molar-refractivity contribution is 6.09. The third kappa shape index (κ3) is 1.63. The molecule has 0 saturated carbocycles. The van der Waals surface area contributed by atoms with Crippen LogP contribution in [0.1, 0.15) is 25.8 Å². The molecule has 3 atom stereocenters. The first kappa shape index (κ1) is 13.4. The molecule has 2 bridgehead atoms. The summed E-state index contributed by atoms with van der Waals surface area (Å²) in [6.45, 7) is 9.30. The lowest BCUT2D eigenvalue weighted by atomic mass is 9.96. The minimum absolute atomic E-state index is 0.220. The molecule has 3 heteroatoms. The first-order valence-electron chi connectivity index (χ1n) is 8.53. The van der Waals surface area contributed by atoms with Crippen molar-refractivity contribution in [3.63, 3.8) is 0 Å². The lowest BCUT2D eigenvalue weighted by Crippen LogP contribution is -2.50. The van der Waals surface area contributed by atoms with Gasteiger partial charge in [-0.3, -0.25) is 4.90 Å². The summed E-state index contributed by atoms with van der Waals surface area (Å²) in [5, 5.41) is 2.45. The van der Waals surface area contributed by atoms with E-state index in [4.69, 9.17) is 4.42 Å². The smallest absolute Gasteiger partial charge is 0.159 e. The quantitative estimate of drug-likeness (QED) is 0.659. The first-order chi connectivity index (χ1) is 11.1. The number of aryl methyl sites for hydroxylation is 1. The summed E-state index contributed by atoms with van der Waals surface area (Å²) in [5.74, 6) is 0. The number of benzene rings is 2. The summed E-state index contributed by atoms with van der Waals surface area (Å²) in [4.78, 5) is 5.19. The van der Waals surface area contributed by atoms with Crippen LogP contribution in [0.3, 0.4) is 0 Å². The normalized spacial score (nSPS) is 30.0. The summed E-state index contributed by atoms with van der Waals surface area (Å²) in [6, 6.07) is 12.8. The highest BCUT2D eigenvalue weighted by atomic mass is 16.3. The zero-order chi connectivity index (χ0) is 15.8. The molecule has 23 heavy (non-hydrogen) atoms. The van der Waals surface area contributed by atoms with Gasteiger partial charge in [0.1, 0.15) is 5.58 Å². The van der Waals surface area contributed by atoms with E-state index in [-0.39, 0.29) is 5.54 Å². The van der Waals surface area contributed by atoms with Crippen LogP contribution in [0, 0.1) is 6.92 Å². The number of para-hydroxylation sites is 1. The zero-order valence-electron chi connectivity index (χ0n) is 14.0. The van der Waals surface area contributed by atoms with Gasteiger partial charge in [0, 0.05) is 23.9 Å². The van der Waals surface area contributed by atoms with Crippen LogP contribution in [0.4, 0.5) is 5.69 Å². The van der Waals surface area contributed by atoms with Gasteiger partial charge in [0.25, 0.3) is 0 Å². The minimum atomic E-state index is 0.220. The van der Waals surface area contributed by atoms with Gasteiger partial charge in [-0.25, -0.2) is 0 Å². The predicted molar refractivity (Wildman–Crippen MR) is 95.0 cm³/mol. The topological polar surface area (TPSA) is 19.6 Å². The second kappa shape index (κ2) is 4.30. The summed E-state index contributed by atoms with van der Waals surface area (Å²) < 4.78 is 6.32. The van der Waals surface area contributed by atoms with Gasteiger partial charge in [-0.1, -0.05) is 30.3 Å². The van der Waals surface area contributed by atoms with E-state index in [0.717, 1.165) is 17.7 Å². The Kier molecular flexibility index (Phi) is 2.51. The second-order valence-electron chi connectivity index (χ2n) is 7.43. The van der Waals surface area contributed by atoms with Gasteiger partial charge in [0.2, 0.25) is 0 Å². The molecular formula is C20H22N2O. The maximum absolute atomic E-state index is 6.32. The van der Waals surface area contributed by atoms with E-state index in [2.05, 4.69) is 60.9 Å². The minimum Gasteiger partial charge on any atom is -0.454 e. The average molecular weight is 306 g/mol. The van der Waals surface area contributed by atoms with Gasteiger partial charge in [-0.15, -0.1) is 0 Å². The Morgan fingerprint density at radius 2 is 1.96 bits per heavy atom. The molecular weight excluding hydrogens is 284 g/mol. The van der Waals surface area contributed by atoms with E-state index in [9.17, 15) is 0 Å². The van der Waals surface area contributed by atoms with Crippen molar-refractivity contribution in [2.24, 2.45) is 0 Å². The number of anilines is 1. The molecule has 118 valence electrons. The van der Waals surface area contributed by atoms with Crippen LogP contribution in [0.5, 0.6) is 0 Å². The molecule has 3 aromatic rings. The monoisotopic (exact) mass is 306 g/mol. The molecule has 5 rings (SSSR count). The van der Waals surface area contributed by atoms with Crippen LogP contribution in [0.25, 0.3) is 21.9 Å². The summed E-state index contributed by atoms with van der Waals surface area (Å²) in [7, 11) is 0. The van der Waals surface area contributed by atoms with E-state index in [1.807, 2.05) is 6.07 Å². The van der Waals surface area contributed by atoms with Crippen molar-refractivity contribution in [3.05, 3.63) is 42.0 Å². The molecule has 2 aliphatic heterocycles. The molecule has 2 fully saturated rings. The number of nitrogens with zero attached hydrogens (tertiary/aromatic N) is 2. The first-order valence-corrected chi connectivity index (χ1v) is 8.53. The fraction of sp³-hybridized carbons (Fsp3) is 0.400. The number of furan rings is 1. The second-order valence-corrected chi connectivity index (χ2v) is 7.43. The molecule has 0 aliphatic carbocycles. The fourth-order valence-corrected chi connectivity index (χ4v) is 4.74. The van der Waals surface area contributed by atoms with Crippen molar-refractivity contribution in [1.29, 1.82) is 0 Å². The Hall–Kier alpha value is -2.00. The van der Waals surface area contributed by atoms with Gasteiger partial charge in [-0.05, 0) is 38.8 Å². The molecule has 2 aromatic carbocycles. The molecule has 3 nitrogen and oxygen atoms in total. The Bertz CT molecular complexity index is 928. The Balaban J connectivity index is 1.83. The molecule has 2 saturated heterocycles. The van der Waals surface area contributed by atoms with Crippen LogP contribution in [0.2, 0.25) is 0 Å². The number of hydrogen-bond acceptors (Lipinski definition) is 3. The molecule has 3 heterocycles. The average Bonchev–Trinajstić information content (AvgIpc) is 3.17. The Labute approximate surface area is 136 Å². The van der Waals surface area contributed by atoms with Gasteiger partial charge in [-0.2, -0.15) is 0 Å². The van der Waals surface area contributed by atoms with E-state index in [1.54, 1.807) is 0 Å². The SMILES string of the molecule is Cc1ccc2c(oc3ccccc32)c1N1C(C)N2CCC1(C)C2. The summed E-state index contributed by atoms with van der Waals surface area (Å²) in [5.41, 5.74) is 4.84. The standard InChI is InChI=1S/C20H22N2O/c1-13-8-9-16-15-6-4-5-7-17(15)23-19(16)18(13)22-14(2)21-11-10-20(22,3)12-21/h4-9,14H,10-12H2,1-3H3. The van der Waals surface area contributed by atoms with E-state index in [1.165, 1.54) is 35.0 Å². The Morgan fingerprint density at radius 3 is 2.74 bits per heavy atom. The Morgan fingerprint density at radius 1 is 1.13 bits per heavy atom. The zero-order valence-corrected chi connectivity index (χ0v) is 14.0. The van der Waals surface area contributed by atoms with Crippen molar-refractivity contribution in [2.75, 3.05) is 18.0 Å². The highest BCUT2D eigenvalue weighted by Crippen LogP contribution is 2.47. The lowest BCUT2D eigenvalue weighted by Gasteiger charge is -2.42. The molecule has 3 unspecified atom stereocenters. The van der Waals surface area contributed by atoms with Crippen molar-refractivity contribution >= 4 is 27.6 Å². The van der Waals surface area contributed by atoms with Gasteiger partial charge in [0.05, 0.1) is 17.4 Å². The van der Waals surface area contributed by atoms with Crippen molar-refractivity contribution in [2.45, 2.75) is 38.9 Å². The van der Waals surface area contributed by atoms with Crippen LogP contribution >= 0.6 is 0 Å². The van der Waals surface area contributed by atoms with E-state index < -0.39 is 0 Å². The van der Waals surface area contributed by atoms with Crippen molar-refractivity contribution < 1.29 is 4.42 Å². The third-order valence-corrected chi connectivity index (χ3v) is 5.93. The van der Waals surface area contributed by atoms with Gasteiger partial charge < -0.3 is 9.32 Å². The number of fused-ring (bicyclic) bond motifs is 5. The molecule has 0 amide bonds. The molecule has 0 N–H and O–H groups in total. The van der Waals surface area contributed by atoms with Crippen molar-refractivity contribution in [1.82, 2.24) is 4.90 Å².